The van der Waals surface area contributed by atoms with Crippen LogP contribution < -0.4 is 11.1 Å². The highest BCUT2D eigenvalue weighted by molar-refractivity contribution is 5.94. The molecule has 5 nitrogen and oxygen atoms in total. The van der Waals surface area contributed by atoms with Gasteiger partial charge in [-0.1, -0.05) is 0 Å². The highest BCUT2D eigenvalue weighted by atomic mass is 15.8. The molecular formula is C4H5N5. The topological polar surface area (TPSA) is 52.0 Å². The van der Waals surface area contributed by atoms with Crippen LogP contribution in [0.2, 0.25) is 0 Å². The van der Waals surface area contributed by atoms with Crippen molar-refractivity contribution in [2.45, 2.75) is 0 Å². The van der Waals surface area contributed by atoms with Crippen LogP contribution in [0.25, 0.3) is 0 Å². The lowest BCUT2D eigenvalue weighted by Gasteiger charge is -2.11. The molecule has 0 bridgehead atoms. The summed E-state index contributed by atoms with van der Waals surface area (Å²) < 4.78 is 0. The molecule has 5 heteroatoms. The molecule has 0 saturated carbocycles. The lowest BCUT2D eigenvalue weighted by molar-refractivity contribution is 0.379. The van der Waals surface area contributed by atoms with Gasteiger partial charge in [-0.2, -0.15) is 0 Å². The number of guanidine groups is 1. The molecule has 0 aliphatic carbocycles. The van der Waals surface area contributed by atoms with Gasteiger partial charge in [0.1, 0.15) is 0 Å². The van der Waals surface area contributed by atoms with E-state index in [1.807, 2.05) is 12.3 Å². The average Bonchev–Trinajstić information content (AvgIpc) is 2.33. The molecule has 2 aliphatic rings. The van der Waals surface area contributed by atoms with Crippen LogP contribution in [-0.4, -0.2) is 17.2 Å². The molecule has 0 spiro atoms. The fourth-order valence-electron chi connectivity index (χ4n) is 0.662. The molecule has 0 unspecified atom stereocenters. The molecule has 2 N–H and O–H groups in total. The summed E-state index contributed by atoms with van der Waals surface area (Å²) in [6.07, 6.45) is 5.33. The number of hydrogen-bond acceptors (Lipinski definition) is 5. The first-order chi connectivity index (χ1) is 4.47. The van der Waals surface area contributed by atoms with Crippen molar-refractivity contribution in [3.63, 3.8) is 0 Å². The summed E-state index contributed by atoms with van der Waals surface area (Å²) >= 11 is 0. The van der Waals surface area contributed by atoms with Gasteiger partial charge in [0, 0.05) is 12.4 Å². The number of hydrazone groups is 1. The lowest BCUT2D eigenvalue weighted by atomic mass is 10.6. The van der Waals surface area contributed by atoms with Crippen molar-refractivity contribution in [2.75, 3.05) is 0 Å². The number of hydrazine groups is 2. The van der Waals surface area contributed by atoms with Gasteiger partial charge in [0.25, 0.3) is 5.96 Å². The second-order valence-corrected chi connectivity index (χ2v) is 1.63. The van der Waals surface area contributed by atoms with Crippen LogP contribution in [0.1, 0.15) is 0 Å². The van der Waals surface area contributed by atoms with Crippen LogP contribution in [0.15, 0.2) is 22.4 Å². The monoisotopic (exact) mass is 123 g/mol. The van der Waals surface area contributed by atoms with Gasteiger partial charge in [0.05, 0.1) is 0 Å². The van der Waals surface area contributed by atoms with Crippen LogP contribution in [0.3, 0.4) is 0 Å². The lowest BCUT2D eigenvalue weighted by Crippen LogP contribution is -2.36. The molecular weight excluding hydrogens is 118 g/mol. The van der Waals surface area contributed by atoms with Gasteiger partial charge in [0.15, 0.2) is 0 Å². The minimum atomic E-state index is 0.637. The maximum atomic E-state index is 3.93. The number of nitrogens with one attached hydrogen (secondary N) is 2. The largest absolute Gasteiger partial charge is 0.264 e. The zero-order valence-electron chi connectivity index (χ0n) is 4.57. The molecule has 9 heavy (non-hydrogen) atoms. The average molecular weight is 123 g/mol. The van der Waals surface area contributed by atoms with E-state index in [9.17, 15) is 0 Å². The van der Waals surface area contributed by atoms with Crippen molar-refractivity contribution < 1.29 is 0 Å². The summed E-state index contributed by atoms with van der Waals surface area (Å²) in [5.74, 6) is 0.637. The van der Waals surface area contributed by atoms with E-state index < -0.39 is 0 Å². The van der Waals surface area contributed by atoms with Crippen molar-refractivity contribution in [3.8, 4) is 0 Å². The number of fused-ring (bicyclic) bond motifs is 1. The predicted molar refractivity (Wildman–Crippen MR) is 33.2 cm³/mol. The third-order valence-corrected chi connectivity index (χ3v) is 1.05. The maximum Gasteiger partial charge on any atom is 0.264 e. The van der Waals surface area contributed by atoms with Gasteiger partial charge in [-0.3, -0.25) is 0 Å². The van der Waals surface area contributed by atoms with Gasteiger partial charge in [-0.05, 0) is 6.08 Å². The fraction of sp³-hybridized carbons (Fsp3) is 0. The Hall–Kier alpha value is -1.36. The van der Waals surface area contributed by atoms with E-state index >= 15 is 0 Å². The molecule has 0 radical (unpaired) electrons. The first-order valence-electron chi connectivity index (χ1n) is 2.55. The van der Waals surface area contributed by atoms with Crippen molar-refractivity contribution in [1.82, 2.24) is 16.1 Å². The minimum Gasteiger partial charge on any atom is -0.230 e. The summed E-state index contributed by atoms with van der Waals surface area (Å²) in [4.78, 5) is 3.93. The summed E-state index contributed by atoms with van der Waals surface area (Å²) in [6.45, 7) is 0. The highest BCUT2D eigenvalue weighted by Gasteiger charge is 2.13. The molecule has 0 atom stereocenters. The van der Waals surface area contributed by atoms with E-state index in [0.717, 1.165) is 0 Å². The van der Waals surface area contributed by atoms with Crippen LogP contribution in [0.5, 0.6) is 0 Å². The Morgan fingerprint density at radius 2 is 2.56 bits per heavy atom. The van der Waals surface area contributed by atoms with Gasteiger partial charge in [0.2, 0.25) is 0 Å². The SMILES string of the molecule is C1=CN2NNN=C2N=C1. The second kappa shape index (κ2) is 1.56. The van der Waals surface area contributed by atoms with Crippen LogP contribution in [0, 0.1) is 0 Å². The fourth-order valence-corrected chi connectivity index (χ4v) is 0.662. The van der Waals surface area contributed by atoms with Gasteiger partial charge < -0.3 is 0 Å². The Morgan fingerprint density at radius 1 is 1.56 bits per heavy atom. The zero-order chi connectivity index (χ0) is 6.10. The molecule has 0 aromatic heterocycles. The summed E-state index contributed by atoms with van der Waals surface area (Å²) in [6, 6.07) is 0. The Balaban J connectivity index is 2.33. The van der Waals surface area contributed by atoms with E-state index in [4.69, 9.17) is 0 Å². The molecule has 2 aliphatic heterocycles. The first-order valence-corrected chi connectivity index (χ1v) is 2.55. The molecule has 46 valence electrons. The van der Waals surface area contributed by atoms with Gasteiger partial charge in [-0.15, -0.1) is 10.6 Å². The van der Waals surface area contributed by atoms with Crippen LogP contribution in [0.4, 0.5) is 0 Å². The Bertz CT molecular complexity index is 200. The maximum absolute atomic E-state index is 3.93. The first kappa shape index (κ1) is 4.51. The Kier molecular flexibility index (Phi) is 0.782. The minimum absolute atomic E-state index is 0.637. The van der Waals surface area contributed by atoms with Crippen LogP contribution >= 0.6 is 0 Å². The molecule has 2 heterocycles. The van der Waals surface area contributed by atoms with Crippen molar-refractivity contribution >= 4 is 12.2 Å². The summed E-state index contributed by atoms with van der Waals surface area (Å²) in [5.41, 5.74) is 5.30. The summed E-state index contributed by atoms with van der Waals surface area (Å²) in [5, 5.41) is 5.47. The smallest absolute Gasteiger partial charge is 0.230 e. The van der Waals surface area contributed by atoms with Gasteiger partial charge >= 0.3 is 0 Å². The predicted octanol–water partition coefficient (Wildman–Crippen LogP) is -0.820. The molecule has 2 rings (SSSR count). The standard InChI is InChI=1S/C4H5N5/c1-2-5-4-6-7-8-9(4)3-1/h1-3,7-8H. The van der Waals surface area contributed by atoms with E-state index in [2.05, 4.69) is 21.2 Å². The number of allylic oxidation sites excluding steroid dienone is 1. The normalized spacial score (nSPS) is 21.3. The Morgan fingerprint density at radius 3 is 3.44 bits per heavy atom. The van der Waals surface area contributed by atoms with E-state index in [-0.39, 0.29) is 0 Å². The zero-order valence-corrected chi connectivity index (χ0v) is 4.57. The quantitative estimate of drug-likeness (QED) is 0.442. The van der Waals surface area contributed by atoms with Crippen LogP contribution in [-0.2, 0) is 0 Å². The molecule has 0 aromatic rings. The number of nitrogens with zero attached hydrogens (tertiary/aromatic N) is 3. The molecule has 0 aromatic carbocycles. The van der Waals surface area contributed by atoms with E-state index in [1.54, 1.807) is 11.2 Å². The van der Waals surface area contributed by atoms with Crippen molar-refractivity contribution in [3.05, 3.63) is 12.3 Å². The highest BCUT2D eigenvalue weighted by Crippen LogP contribution is 1.97. The number of aliphatic imine (C=N–C) groups is 1. The third kappa shape index (κ3) is 0.584. The van der Waals surface area contributed by atoms with Crippen molar-refractivity contribution in [2.24, 2.45) is 10.1 Å². The van der Waals surface area contributed by atoms with Crippen molar-refractivity contribution in [1.29, 1.82) is 0 Å². The third-order valence-electron chi connectivity index (χ3n) is 1.05. The Labute approximate surface area is 51.7 Å². The molecule has 0 saturated heterocycles. The number of rotatable bonds is 0. The number of hydrogen-bond donors (Lipinski definition) is 2. The van der Waals surface area contributed by atoms with E-state index in [0.29, 0.717) is 5.96 Å². The van der Waals surface area contributed by atoms with E-state index in [1.165, 1.54) is 0 Å². The van der Waals surface area contributed by atoms with Gasteiger partial charge in [-0.25, -0.2) is 15.5 Å². The molecule has 0 amide bonds. The molecule has 0 fully saturated rings. The second-order valence-electron chi connectivity index (χ2n) is 1.63. The summed E-state index contributed by atoms with van der Waals surface area (Å²) in [7, 11) is 0.